The Morgan fingerprint density at radius 2 is 1.88 bits per heavy atom. The first-order valence-electron chi connectivity index (χ1n) is 7.95. The Kier molecular flexibility index (Phi) is 5.20. The molecule has 25 heavy (non-hydrogen) atoms. The molecule has 0 aliphatic carbocycles. The number of benzene rings is 1. The number of imide groups is 1. The van der Waals surface area contributed by atoms with Gasteiger partial charge in [-0.1, -0.05) is 12.1 Å². The summed E-state index contributed by atoms with van der Waals surface area (Å²) >= 11 is 1.41. The molecule has 3 N–H and O–H groups in total. The SMILES string of the molecule is NCCc1nc(C(=O)Nc2ccc(CN3C(=O)CCC3=O)cc2)cs1. The Morgan fingerprint density at radius 3 is 2.52 bits per heavy atom. The van der Waals surface area contributed by atoms with Crippen molar-refractivity contribution in [1.82, 2.24) is 9.88 Å². The molecule has 0 saturated carbocycles. The number of thiazole rings is 1. The highest BCUT2D eigenvalue weighted by Crippen LogP contribution is 2.18. The lowest BCUT2D eigenvalue weighted by molar-refractivity contribution is -0.139. The Labute approximate surface area is 148 Å². The average molecular weight is 358 g/mol. The highest BCUT2D eigenvalue weighted by molar-refractivity contribution is 7.09. The number of carbonyl (C=O) groups is 3. The fourth-order valence-electron chi connectivity index (χ4n) is 2.52. The van der Waals surface area contributed by atoms with Gasteiger partial charge in [0.05, 0.1) is 11.6 Å². The molecule has 2 aromatic rings. The zero-order valence-corrected chi connectivity index (χ0v) is 14.3. The van der Waals surface area contributed by atoms with Crippen LogP contribution in [-0.4, -0.2) is 34.2 Å². The van der Waals surface area contributed by atoms with Crippen LogP contribution < -0.4 is 11.1 Å². The van der Waals surface area contributed by atoms with Crippen LogP contribution in [0.5, 0.6) is 0 Å². The minimum atomic E-state index is -0.280. The van der Waals surface area contributed by atoms with Gasteiger partial charge in [-0.25, -0.2) is 4.98 Å². The lowest BCUT2D eigenvalue weighted by Crippen LogP contribution is -2.28. The molecule has 1 saturated heterocycles. The van der Waals surface area contributed by atoms with E-state index in [1.165, 1.54) is 16.2 Å². The van der Waals surface area contributed by atoms with Crippen LogP contribution >= 0.6 is 11.3 Å². The normalized spacial score (nSPS) is 14.2. The van der Waals surface area contributed by atoms with Crippen molar-refractivity contribution in [2.45, 2.75) is 25.8 Å². The molecule has 1 aliphatic rings. The van der Waals surface area contributed by atoms with E-state index in [0.717, 1.165) is 10.6 Å². The number of nitrogens with one attached hydrogen (secondary N) is 1. The maximum Gasteiger partial charge on any atom is 0.275 e. The van der Waals surface area contributed by atoms with Gasteiger partial charge in [0.25, 0.3) is 5.91 Å². The summed E-state index contributed by atoms with van der Waals surface area (Å²) in [6.45, 7) is 0.762. The van der Waals surface area contributed by atoms with Crippen molar-refractivity contribution in [3.05, 3.63) is 45.9 Å². The quantitative estimate of drug-likeness (QED) is 0.762. The Balaban J connectivity index is 1.61. The third kappa shape index (κ3) is 4.09. The van der Waals surface area contributed by atoms with Gasteiger partial charge in [0.1, 0.15) is 5.69 Å². The second kappa shape index (κ2) is 7.54. The van der Waals surface area contributed by atoms with Crippen molar-refractivity contribution in [2.24, 2.45) is 5.73 Å². The minimum absolute atomic E-state index is 0.140. The van der Waals surface area contributed by atoms with Crippen molar-refractivity contribution in [1.29, 1.82) is 0 Å². The Hall–Kier alpha value is -2.58. The van der Waals surface area contributed by atoms with Gasteiger partial charge in [-0.15, -0.1) is 11.3 Å². The average Bonchev–Trinajstić information content (AvgIpc) is 3.19. The van der Waals surface area contributed by atoms with E-state index in [1.54, 1.807) is 29.6 Å². The smallest absolute Gasteiger partial charge is 0.275 e. The zero-order valence-electron chi connectivity index (χ0n) is 13.5. The van der Waals surface area contributed by atoms with E-state index < -0.39 is 0 Å². The monoisotopic (exact) mass is 358 g/mol. The molecule has 8 heteroatoms. The minimum Gasteiger partial charge on any atom is -0.330 e. The number of carbonyl (C=O) groups excluding carboxylic acids is 3. The second-order valence-electron chi connectivity index (χ2n) is 5.69. The first-order chi connectivity index (χ1) is 12.1. The van der Waals surface area contributed by atoms with E-state index in [4.69, 9.17) is 5.73 Å². The van der Waals surface area contributed by atoms with Crippen LogP contribution in [0.4, 0.5) is 5.69 Å². The maximum absolute atomic E-state index is 12.2. The summed E-state index contributed by atoms with van der Waals surface area (Å²) in [4.78, 5) is 41.0. The maximum atomic E-state index is 12.2. The highest BCUT2D eigenvalue weighted by atomic mass is 32.1. The number of nitrogens with two attached hydrogens (primary N) is 1. The Morgan fingerprint density at radius 1 is 1.20 bits per heavy atom. The molecule has 2 heterocycles. The van der Waals surface area contributed by atoms with E-state index >= 15 is 0 Å². The number of hydrogen-bond acceptors (Lipinski definition) is 6. The van der Waals surface area contributed by atoms with E-state index in [9.17, 15) is 14.4 Å². The number of nitrogens with zero attached hydrogens (tertiary/aromatic N) is 2. The van der Waals surface area contributed by atoms with Gasteiger partial charge in [0.2, 0.25) is 11.8 Å². The fourth-order valence-corrected chi connectivity index (χ4v) is 3.32. The van der Waals surface area contributed by atoms with Gasteiger partial charge >= 0.3 is 0 Å². The summed E-state index contributed by atoms with van der Waals surface area (Å²) in [7, 11) is 0. The molecular formula is C17H18N4O3S. The molecule has 3 amide bonds. The van der Waals surface area contributed by atoms with Gasteiger partial charge in [-0.2, -0.15) is 0 Å². The summed E-state index contributed by atoms with van der Waals surface area (Å²) in [6.07, 6.45) is 1.22. The molecule has 130 valence electrons. The zero-order chi connectivity index (χ0) is 17.8. The van der Waals surface area contributed by atoms with Crippen molar-refractivity contribution in [3.63, 3.8) is 0 Å². The molecule has 1 aromatic heterocycles. The number of likely N-dealkylation sites (tertiary alicyclic amines) is 1. The van der Waals surface area contributed by atoms with Gasteiger partial charge in [-0.05, 0) is 24.2 Å². The van der Waals surface area contributed by atoms with Crippen molar-refractivity contribution < 1.29 is 14.4 Å². The molecule has 1 aromatic carbocycles. The van der Waals surface area contributed by atoms with E-state index in [0.29, 0.717) is 24.3 Å². The molecule has 0 unspecified atom stereocenters. The van der Waals surface area contributed by atoms with Crippen LogP contribution in [0.3, 0.4) is 0 Å². The fraction of sp³-hybridized carbons (Fsp3) is 0.294. The second-order valence-corrected chi connectivity index (χ2v) is 6.63. The van der Waals surface area contributed by atoms with Crippen LogP contribution in [0.15, 0.2) is 29.6 Å². The summed E-state index contributed by atoms with van der Waals surface area (Å²) in [5.74, 6) is -0.560. The predicted octanol–water partition coefficient (Wildman–Crippen LogP) is 1.55. The summed E-state index contributed by atoms with van der Waals surface area (Å²) in [6, 6.07) is 7.06. The van der Waals surface area contributed by atoms with Gasteiger partial charge in [0.15, 0.2) is 0 Å². The largest absolute Gasteiger partial charge is 0.330 e. The molecule has 0 bridgehead atoms. The molecule has 0 atom stereocenters. The van der Waals surface area contributed by atoms with E-state index in [-0.39, 0.29) is 37.1 Å². The molecule has 7 nitrogen and oxygen atoms in total. The van der Waals surface area contributed by atoms with Crippen LogP contribution in [0.2, 0.25) is 0 Å². The lowest BCUT2D eigenvalue weighted by Gasteiger charge is -2.14. The van der Waals surface area contributed by atoms with Gasteiger partial charge < -0.3 is 11.1 Å². The summed E-state index contributed by atoms with van der Waals surface area (Å²) in [5.41, 5.74) is 7.31. The van der Waals surface area contributed by atoms with Gasteiger partial charge in [0, 0.05) is 30.3 Å². The summed E-state index contributed by atoms with van der Waals surface area (Å²) < 4.78 is 0. The van der Waals surface area contributed by atoms with Crippen LogP contribution in [0.25, 0.3) is 0 Å². The molecule has 1 fully saturated rings. The molecular weight excluding hydrogens is 340 g/mol. The first-order valence-corrected chi connectivity index (χ1v) is 8.83. The number of amides is 3. The number of aromatic nitrogens is 1. The van der Waals surface area contributed by atoms with Crippen molar-refractivity contribution in [2.75, 3.05) is 11.9 Å². The van der Waals surface area contributed by atoms with Crippen LogP contribution in [0, 0.1) is 0 Å². The number of rotatable bonds is 6. The molecule has 0 spiro atoms. The van der Waals surface area contributed by atoms with Gasteiger partial charge in [-0.3, -0.25) is 19.3 Å². The van der Waals surface area contributed by atoms with Crippen LogP contribution in [-0.2, 0) is 22.6 Å². The third-order valence-electron chi connectivity index (χ3n) is 3.85. The van der Waals surface area contributed by atoms with Crippen molar-refractivity contribution in [3.8, 4) is 0 Å². The van der Waals surface area contributed by atoms with Crippen molar-refractivity contribution >= 4 is 34.7 Å². The number of anilines is 1. The predicted molar refractivity (Wildman–Crippen MR) is 94.1 cm³/mol. The molecule has 1 aliphatic heterocycles. The van der Waals surface area contributed by atoms with E-state index in [1.807, 2.05) is 0 Å². The van der Waals surface area contributed by atoms with Crippen LogP contribution in [0.1, 0.15) is 33.9 Å². The molecule has 3 rings (SSSR count). The Bertz CT molecular complexity index is 784. The standard InChI is InChI=1S/C17H18N4O3S/c18-8-7-14-20-13(10-25-14)17(24)19-12-3-1-11(2-4-12)9-21-15(22)5-6-16(21)23/h1-4,10H,5-9,18H2,(H,19,24). The third-order valence-corrected chi connectivity index (χ3v) is 4.76. The highest BCUT2D eigenvalue weighted by Gasteiger charge is 2.28. The topological polar surface area (TPSA) is 105 Å². The summed E-state index contributed by atoms with van der Waals surface area (Å²) in [5, 5.41) is 5.32. The van der Waals surface area contributed by atoms with E-state index in [2.05, 4.69) is 10.3 Å². The first kappa shape index (κ1) is 17.2. The molecule has 0 radical (unpaired) electrons. The lowest BCUT2D eigenvalue weighted by atomic mass is 10.2. The number of hydrogen-bond donors (Lipinski definition) is 2.